The van der Waals surface area contributed by atoms with Crippen LogP contribution in [0.2, 0.25) is 0 Å². The summed E-state index contributed by atoms with van der Waals surface area (Å²) in [7, 11) is 0. The molecule has 10 nitrogen and oxygen atoms in total. The molecule has 0 unspecified atom stereocenters. The Morgan fingerprint density at radius 3 is 1.45 bits per heavy atom. The molecule has 2 saturated heterocycles. The van der Waals surface area contributed by atoms with Crippen molar-refractivity contribution < 1.29 is 59.3 Å². The minimum absolute atomic E-state index is 0. The minimum Gasteiger partial charge on any atom is -1.00 e. The van der Waals surface area contributed by atoms with E-state index in [-0.39, 0.29) is 36.7 Å². The number of ether oxygens (including phenoxy) is 3. The molecule has 2 fully saturated rings. The zero-order valence-electron chi connectivity index (χ0n) is 36.7. The van der Waals surface area contributed by atoms with Crippen LogP contribution in [0.1, 0.15) is 38.6 Å². The Hall–Kier alpha value is -3.40. The van der Waals surface area contributed by atoms with Crippen molar-refractivity contribution >= 4 is 39.5 Å². The summed E-state index contributed by atoms with van der Waals surface area (Å²) in [5.74, 6) is 7.95. The molecule has 6 aromatic rings. The van der Waals surface area contributed by atoms with E-state index in [2.05, 4.69) is 36.0 Å². The number of hydrogen-bond donors (Lipinski definition) is 1. The number of nitrogens with zero attached hydrogens (tertiary/aromatic N) is 4. The van der Waals surface area contributed by atoms with Crippen molar-refractivity contribution in [3.05, 3.63) is 133 Å². The molecule has 0 radical (unpaired) electrons. The van der Waals surface area contributed by atoms with Crippen molar-refractivity contribution in [1.82, 2.24) is 20.1 Å². The van der Waals surface area contributed by atoms with Crippen LogP contribution in [0.25, 0.3) is 22.5 Å². The van der Waals surface area contributed by atoms with Gasteiger partial charge in [-0.2, -0.15) is 23.5 Å². The van der Waals surface area contributed by atoms with Gasteiger partial charge in [0.1, 0.15) is 52.5 Å². The van der Waals surface area contributed by atoms with E-state index in [4.69, 9.17) is 23.3 Å². The number of likely N-dealkylation sites (tertiary alicyclic amines) is 2. The molecule has 8 rings (SSSR count). The topological polar surface area (TPSA) is 106 Å². The van der Waals surface area contributed by atoms with Gasteiger partial charge in [0.05, 0.1) is 24.7 Å². The van der Waals surface area contributed by atoms with Crippen LogP contribution in [0, 0.1) is 0 Å². The zero-order valence-corrected chi connectivity index (χ0v) is 41.0. The molecular weight excluding hydrogens is 896 g/mol. The number of para-hydroxylation sites is 2. The van der Waals surface area contributed by atoms with E-state index in [0.717, 1.165) is 92.8 Å². The van der Waals surface area contributed by atoms with E-state index >= 15 is 0 Å². The predicted octanol–water partition coefficient (Wildman–Crippen LogP) is 8.08. The Kier molecular flexibility index (Phi) is 23.3. The number of phenols is 1. The molecule has 62 heavy (non-hydrogen) atoms. The van der Waals surface area contributed by atoms with Crippen molar-refractivity contribution in [1.29, 1.82) is 0 Å². The van der Waals surface area contributed by atoms with Gasteiger partial charge < -0.3 is 34.7 Å². The molecule has 14 heteroatoms. The fraction of sp³-hybridized carbons (Fsp3) is 0.375. The first-order valence-corrected chi connectivity index (χ1v) is 24.5. The fourth-order valence-electron chi connectivity index (χ4n) is 6.63. The summed E-state index contributed by atoms with van der Waals surface area (Å²) in [4.78, 5) is 4.95. The summed E-state index contributed by atoms with van der Waals surface area (Å²) < 4.78 is 28.0. The first kappa shape index (κ1) is 49.6. The van der Waals surface area contributed by atoms with Crippen LogP contribution in [-0.4, -0.2) is 101 Å². The van der Waals surface area contributed by atoms with Crippen molar-refractivity contribution in [2.24, 2.45) is 0 Å². The Morgan fingerprint density at radius 1 is 0.565 bits per heavy atom. The second-order valence-electron chi connectivity index (χ2n) is 14.5. The molecular formula is C48H58BrN4NaO6S2. The van der Waals surface area contributed by atoms with Gasteiger partial charge >= 0.3 is 29.6 Å². The normalized spacial score (nSPS) is 13.6. The van der Waals surface area contributed by atoms with Crippen LogP contribution in [0.15, 0.2) is 130 Å². The fourth-order valence-corrected chi connectivity index (χ4v) is 8.50. The second kappa shape index (κ2) is 29.1. The van der Waals surface area contributed by atoms with E-state index in [1.165, 1.54) is 58.4 Å². The third-order valence-corrected chi connectivity index (χ3v) is 12.1. The standard InChI is InChI=1S/C24H28N2O3S.C18H17NO3S.C6H12BrN.Na.H/c1-2-6-21(7-3-1)28-16-17-30-19-23-18-24(25-29-23)20-8-10-22(11-9-20)27-15-14-26-12-4-5-13-26;20-15-8-6-14(7-9-15)18-12-17(22-19-18)13-23-11-10-21-16-4-2-1-3-5-16;7-3-6-8-4-1-2-5-8;;/h1-3,6-11,18H,4-5,12-17,19H2;1-9,12,20H,10-11,13H2;1-6H2;;/q;;;+1;-1. The van der Waals surface area contributed by atoms with Gasteiger partial charge in [-0.1, -0.05) is 62.6 Å². The van der Waals surface area contributed by atoms with Crippen LogP contribution in [0.3, 0.4) is 0 Å². The van der Waals surface area contributed by atoms with E-state index in [1.54, 1.807) is 35.7 Å². The smallest absolute Gasteiger partial charge is 1.00 e. The van der Waals surface area contributed by atoms with Gasteiger partial charge in [-0.3, -0.25) is 4.90 Å². The number of phenolic OH excluding ortho intramolecular Hbond substituents is 1. The molecule has 4 heterocycles. The largest absolute Gasteiger partial charge is 1.00 e. The molecule has 2 aliphatic heterocycles. The zero-order chi connectivity index (χ0) is 42.2. The number of aromatic nitrogens is 2. The van der Waals surface area contributed by atoms with E-state index in [0.29, 0.717) is 13.2 Å². The van der Waals surface area contributed by atoms with Gasteiger partial charge in [0.25, 0.3) is 0 Å². The number of hydrogen-bond acceptors (Lipinski definition) is 12. The Morgan fingerprint density at radius 2 is 0.984 bits per heavy atom. The molecule has 0 amide bonds. The minimum atomic E-state index is 0. The number of halogens is 1. The Bertz CT molecular complexity index is 2060. The third-order valence-electron chi connectivity index (χ3n) is 9.87. The van der Waals surface area contributed by atoms with Crippen molar-refractivity contribution in [3.63, 3.8) is 0 Å². The SMILES string of the molecule is BrCCN1CCCC1.Oc1ccc(-c2cc(CSCCOc3ccccc3)on2)cc1.[H-].[Na+].c1ccc(OCCSCc2cc(-c3ccc(OCCN4CCCC4)cc3)no2)cc1. The quantitative estimate of drug-likeness (QED) is 0.0455. The molecule has 0 aliphatic carbocycles. The number of aromatic hydroxyl groups is 1. The molecule has 326 valence electrons. The summed E-state index contributed by atoms with van der Waals surface area (Å²) in [6, 6.07) is 38.6. The molecule has 0 spiro atoms. The van der Waals surface area contributed by atoms with Crippen LogP contribution < -0.4 is 43.8 Å². The van der Waals surface area contributed by atoms with Gasteiger partial charge in [-0.25, -0.2) is 0 Å². The van der Waals surface area contributed by atoms with E-state index < -0.39 is 0 Å². The molecule has 0 saturated carbocycles. The second-order valence-corrected chi connectivity index (χ2v) is 17.5. The van der Waals surface area contributed by atoms with Gasteiger partial charge in [-0.05, 0) is 125 Å². The average Bonchev–Trinajstić information content (AvgIpc) is 4.16. The summed E-state index contributed by atoms with van der Waals surface area (Å²) in [5.41, 5.74) is 3.60. The van der Waals surface area contributed by atoms with Crippen molar-refractivity contribution in [2.45, 2.75) is 37.2 Å². The Labute approximate surface area is 407 Å². The van der Waals surface area contributed by atoms with Gasteiger partial charge in [-0.15, -0.1) is 0 Å². The predicted molar refractivity (Wildman–Crippen MR) is 253 cm³/mol. The summed E-state index contributed by atoms with van der Waals surface area (Å²) in [5, 5.41) is 18.7. The van der Waals surface area contributed by atoms with Gasteiger partial charge in [0.15, 0.2) is 0 Å². The van der Waals surface area contributed by atoms with E-state index in [1.807, 2.05) is 109 Å². The first-order chi connectivity index (χ1) is 30.1. The average molecular weight is 954 g/mol. The maximum absolute atomic E-state index is 9.30. The van der Waals surface area contributed by atoms with Crippen LogP contribution >= 0.6 is 39.5 Å². The third kappa shape index (κ3) is 18.4. The Balaban J connectivity index is 0.000000234. The van der Waals surface area contributed by atoms with Gasteiger partial charge in [0.2, 0.25) is 0 Å². The molecule has 2 aromatic heterocycles. The number of thioether (sulfide) groups is 2. The summed E-state index contributed by atoms with van der Waals surface area (Å²) >= 11 is 6.93. The van der Waals surface area contributed by atoms with Crippen LogP contribution in [0.5, 0.6) is 23.0 Å². The summed E-state index contributed by atoms with van der Waals surface area (Å²) in [6.45, 7) is 9.37. The van der Waals surface area contributed by atoms with Crippen LogP contribution in [0.4, 0.5) is 0 Å². The number of alkyl halides is 1. The van der Waals surface area contributed by atoms with Crippen molar-refractivity contribution in [3.8, 4) is 45.5 Å². The molecule has 0 atom stereocenters. The van der Waals surface area contributed by atoms with Gasteiger partial charge in [0, 0.05) is 53.2 Å². The maximum atomic E-state index is 9.30. The van der Waals surface area contributed by atoms with Crippen LogP contribution in [-0.2, 0) is 11.5 Å². The van der Waals surface area contributed by atoms with E-state index in [9.17, 15) is 5.11 Å². The maximum Gasteiger partial charge on any atom is 1.00 e. The monoisotopic (exact) mass is 952 g/mol. The van der Waals surface area contributed by atoms with Crippen molar-refractivity contribution in [2.75, 3.05) is 75.9 Å². The molecule has 1 N–H and O–H groups in total. The summed E-state index contributed by atoms with van der Waals surface area (Å²) in [6.07, 6.45) is 5.45. The first-order valence-electron chi connectivity index (χ1n) is 21.1. The molecule has 4 aromatic carbocycles. The number of benzene rings is 4. The molecule has 2 aliphatic rings. The number of rotatable bonds is 20. The molecule has 0 bridgehead atoms.